The van der Waals surface area contributed by atoms with E-state index in [0.717, 1.165) is 29.0 Å². The molecule has 2 aliphatic heterocycles. The van der Waals surface area contributed by atoms with E-state index in [2.05, 4.69) is 45.3 Å². The van der Waals surface area contributed by atoms with Gasteiger partial charge in [0.1, 0.15) is 5.03 Å². The van der Waals surface area contributed by atoms with Gasteiger partial charge in [0, 0.05) is 23.8 Å². The Balaban J connectivity index is 0.000000815. The first-order valence-corrected chi connectivity index (χ1v) is 9.71. The maximum atomic E-state index is 4.37. The SMILES string of the molecule is CC.CC1CCN(Cc2ccc3c(c2)Nc2nccnc2S3)CC1. The van der Waals surface area contributed by atoms with Crippen LogP contribution in [0.2, 0.25) is 0 Å². The fraction of sp³-hybridized carbons (Fsp3) is 0.474. The Morgan fingerprint density at radius 3 is 2.71 bits per heavy atom. The van der Waals surface area contributed by atoms with Crippen molar-refractivity contribution >= 4 is 23.3 Å². The van der Waals surface area contributed by atoms with Crippen molar-refractivity contribution < 1.29 is 0 Å². The summed E-state index contributed by atoms with van der Waals surface area (Å²) >= 11 is 1.69. The van der Waals surface area contributed by atoms with Gasteiger partial charge in [-0.1, -0.05) is 38.6 Å². The summed E-state index contributed by atoms with van der Waals surface area (Å²) in [6, 6.07) is 6.71. The molecule has 5 heteroatoms. The largest absolute Gasteiger partial charge is 0.337 e. The summed E-state index contributed by atoms with van der Waals surface area (Å²) in [6.45, 7) is 9.83. The molecular weight excluding hydrogens is 316 g/mol. The maximum absolute atomic E-state index is 4.37. The van der Waals surface area contributed by atoms with Crippen molar-refractivity contribution in [2.75, 3.05) is 18.4 Å². The van der Waals surface area contributed by atoms with Gasteiger partial charge in [-0.3, -0.25) is 4.90 Å². The standard InChI is InChI=1S/C17H20N4S.C2H6/c1-12-4-8-21(9-5-12)11-13-2-3-15-14(10-13)20-16-17(22-15)19-7-6-18-16;1-2/h2-3,6-7,10,12H,4-5,8-9,11H2,1H3,(H,18,20);1-2H3. The predicted molar refractivity (Wildman–Crippen MR) is 101 cm³/mol. The monoisotopic (exact) mass is 342 g/mol. The summed E-state index contributed by atoms with van der Waals surface area (Å²) in [5.41, 5.74) is 2.52. The topological polar surface area (TPSA) is 41.0 Å². The van der Waals surface area contributed by atoms with Gasteiger partial charge in [0.15, 0.2) is 5.82 Å². The molecule has 0 amide bonds. The zero-order valence-electron chi connectivity index (χ0n) is 14.7. The second kappa shape index (κ2) is 7.99. The van der Waals surface area contributed by atoms with Crippen LogP contribution in [0.1, 0.15) is 39.2 Å². The van der Waals surface area contributed by atoms with E-state index in [0.29, 0.717) is 0 Å². The van der Waals surface area contributed by atoms with Gasteiger partial charge < -0.3 is 5.32 Å². The number of benzene rings is 1. The molecule has 0 radical (unpaired) electrons. The quantitative estimate of drug-likeness (QED) is 0.714. The van der Waals surface area contributed by atoms with Crippen molar-refractivity contribution in [2.24, 2.45) is 5.92 Å². The summed E-state index contributed by atoms with van der Waals surface area (Å²) in [4.78, 5) is 12.5. The van der Waals surface area contributed by atoms with Gasteiger partial charge in [0.25, 0.3) is 0 Å². The zero-order chi connectivity index (χ0) is 16.9. The number of hydrogen-bond acceptors (Lipinski definition) is 5. The molecule has 0 unspecified atom stereocenters. The second-order valence-electron chi connectivity index (χ2n) is 6.23. The third kappa shape index (κ3) is 3.90. The smallest absolute Gasteiger partial charge is 0.163 e. The normalized spacial score (nSPS) is 17.1. The van der Waals surface area contributed by atoms with Crippen molar-refractivity contribution in [1.29, 1.82) is 0 Å². The Kier molecular flexibility index (Phi) is 5.74. The van der Waals surface area contributed by atoms with Crippen LogP contribution in [0.3, 0.4) is 0 Å². The minimum Gasteiger partial charge on any atom is -0.337 e. The summed E-state index contributed by atoms with van der Waals surface area (Å²) in [5, 5.41) is 4.36. The highest BCUT2D eigenvalue weighted by Crippen LogP contribution is 2.42. The molecule has 4 rings (SSSR count). The lowest BCUT2D eigenvalue weighted by Gasteiger charge is -2.30. The van der Waals surface area contributed by atoms with Crippen LogP contribution in [-0.4, -0.2) is 28.0 Å². The average Bonchev–Trinajstić information content (AvgIpc) is 2.63. The number of likely N-dealkylation sites (tertiary alicyclic amines) is 1. The molecular formula is C19H26N4S. The van der Waals surface area contributed by atoms with Crippen molar-refractivity contribution in [3.8, 4) is 0 Å². The van der Waals surface area contributed by atoms with Crippen LogP contribution >= 0.6 is 11.8 Å². The molecule has 1 aromatic heterocycles. The number of rotatable bonds is 2. The summed E-state index contributed by atoms with van der Waals surface area (Å²) in [6.07, 6.45) is 6.12. The number of nitrogens with zero attached hydrogens (tertiary/aromatic N) is 3. The molecule has 1 N–H and O–H groups in total. The van der Waals surface area contributed by atoms with E-state index in [9.17, 15) is 0 Å². The summed E-state index contributed by atoms with van der Waals surface area (Å²) < 4.78 is 0. The van der Waals surface area contributed by atoms with E-state index in [1.807, 2.05) is 13.8 Å². The molecule has 4 nitrogen and oxygen atoms in total. The van der Waals surface area contributed by atoms with Crippen LogP contribution in [0.15, 0.2) is 40.5 Å². The highest BCUT2D eigenvalue weighted by Gasteiger charge is 2.19. The molecule has 2 aromatic rings. The molecule has 3 heterocycles. The van der Waals surface area contributed by atoms with Gasteiger partial charge in [0.05, 0.1) is 5.69 Å². The van der Waals surface area contributed by atoms with Crippen LogP contribution in [0.4, 0.5) is 11.5 Å². The molecule has 0 bridgehead atoms. The van der Waals surface area contributed by atoms with Gasteiger partial charge in [0.2, 0.25) is 0 Å². The molecule has 1 aromatic carbocycles. The van der Waals surface area contributed by atoms with E-state index in [4.69, 9.17) is 0 Å². The van der Waals surface area contributed by atoms with Gasteiger partial charge in [-0.2, -0.15) is 0 Å². The number of anilines is 2. The van der Waals surface area contributed by atoms with Crippen molar-refractivity contribution in [3.05, 3.63) is 36.2 Å². The van der Waals surface area contributed by atoms with E-state index in [1.165, 1.54) is 36.4 Å². The van der Waals surface area contributed by atoms with Gasteiger partial charge in [-0.15, -0.1) is 0 Å². The van der Waals surface area contributed by atoms with Crippen LogP contribution in [0.5, 0.6) is 0 Å². The molecule has 1 fully saturated rings. The maximum Gasteiger partial charge on any atom is 0.163 e. The highest BCUT2D eigenvalue weighted by molar-refractivity contribution is 7.99. The average molecular weight is 343 g/mol. The minimum absolute atomic E-state index is 0.865. The molecule has 128 valence electrons. The van der Waals surface area contributed by atoms with E-state index < -0.39 is 0 Å². The van der Waals surface area contributed by atoms with Crippen molar-refractivity contribution in [3.63, 3.8) is 0 Å². The summed E-state index contributed by atoms with van der Waals surface area (Å²) in [7, 11) is 0. The van der Waals surface area contributed by atoms with E-state index in [-0.39, 0.29) is 0 Å². The molecule has 24 heavy (non-hydrogen) atoms. The Bertz CT molecular complexity index is 681. The Morgan fingerprint density at radius 1 is 1.17 bits per heavy atom. The first-order valence-electron chi connectivity index (χ1n) is 8.89. The van der Waals surface area contributed by atoms with Gasteiger partial charge in [-0.25, -0.2) is 9.97 Å². The zero-order valence-corrected chi connectivity index (χ0v) is 15.6. The molecule has 0 atom stereocenters. The predicted octanol–water partition coefficient (Wildman–Crippen LogP) is 4.94. The Hall–Kier alpha value is -1.59. The van der Waals surface area contributed by atoms with Crippen LogP contribution < -0.4 is 5.32 Å². The van der Waals surface area contributed by atoms with Gasteiger partial charge >= 0.3 is 0 Å². The third-order valence-corrected chi connectivity index (χ3v) is 5.52. The lowest BCUT2D eigenvalue weighted by atomic mass is 9.99. The van der Waals surface area contributed by atoms with Crippen LogP contribution in [-0.2, 0) is 6.54 Å². The number of aromatic nitrogens is 2. The molecule has 0 saturated carbocycles. The van der Waals surface area contributed by atoms with Crippen molar-refractivity contribution in [1.82, 2.24) is 14.9 Å². The second-order valence-corrected chi connectivity index (χ2v) is 7.26. The van der Waals surface area contributed by atoms with E-state index in [1.54, 1.807) is 24.2 Å². The Labute approximate surface area is 149 Å². The van der Waals surface area contributed by atoms with Crippen LogP contribution in [0.25, 0.3) is 0 Å². The highest BCUT2D eigenvalue weighted by atomic mass is 32.2. The van der Waals surface area contributed by atoms with Crippen LogP contribution in [0, 0.1) is 5.92 Å². The fourth-order valence-corrected chi connectivity index (χ4v) is 3.94. The van der Waals surface area contributed by atoms with E-state index >= 15 is 0 Å². The number of nitrogens with one attached hydrogen (secondary N) is 1. The summed E-state index contributed by atoms with van der Waals surface area (Å²) in [5.74, 6) is 1.75. The van der Waals surface area contributed by atoms with Crippen molar-refractivity contribution in [2.45, 2.75) is 50.1 Å². The first kappa shape index (κ1) is 17.2. The Morgan fingerprint density at radius 2 is 1.92 bits per heavy atom. The lowest BCUT2D eigenvalue weighted by molar-refractivity contribution is 0.185. The molecule has 0 aliphatic carbocycles. The lowest BCUT2D eigenvalue weighted by Crippen LogP contribution is -2.32. The first-order chi connectivity index (χ1) is 11.8. The molecule has 2 aliphatic rings. The molecule has 1 saturated heterocycles. The third-order valence-electron chi connectivity index (χ3n) is 4.45. The van der Waals surface area contributed by atoms with Gasteiger partial charge in [-0.05, 0) is 49.5 Å². The number of fused-ring (bicyclic) bond motifs is 2. The minimum atomic E-state index is 0.865. The number of hydrogen-bond donors (Lipinski definition) is 1. The fourth-order valence-electron chi connectivity index (χ4n) is 3.06. The molecule has 0 spiro atoms. The number of piperidine rings is 1.